The quantitative estimate of drug-likeness (QED) is 0.703. The topological polar surface area (TPSA) is 63.9 Å². The molecule has 0 amide bonds. The van der Waals surface area contributed by atoms with Crippen LogP contribution in [0.4, 0.5) is 5.69 Å². The second-order valence-corrected chi connectivity index (χ2v) is 3.83. The van der Waals surface area contributed by atoms with Crippen LogP contribution < -0.4 is 15.9 Å². The van der Waals surface area contributed by atoms with Crippen LogP contribution in [0.15, 0.2) is 23.0 Å². The molecule has 0 unspecified atom stereocenters. The molecule has 2 rings (SSSR count). The highest BCUT2D eigenvalue weighted by molar-refractivity contribution is 5.78. The van der Waals surface area contributed by atoms with Crippen molar-refractivity contribution in [3.8, 4) is 0 Å². The molecule has 0 atom stereocenters. The molecule has 3 N–H and O–H groups in total. The predicted molar refractivity (Wildman–Crippen MR) is 66.1 cm³/mol. The molecule has 0 spiro atoms. The third kappa shape index (κ3) is 2.09. The molecular weight excluding hydrogens is 204 g/mol. The van der Waals surface area contributed by atoms with Crippen molar-refractivity contribution >= 4 is 16.7 Å². The van der Waals surface area contributed by atoms with Gasteiger partial charge >= 0.3 is 5.69 Å². The Kier molecular flexibility index (Phi) is 2.96. The highest BCUT2D eigenvalue weighted by atomic mass is 16.1. The van der Waals surface area contributed by atoms with E-state index in [1.54, 1.807) is 0 Å². The first-order valence-corrected chi connectivity index (χ1v) is 5.28. The van der Waals surface area contributed by atoms with Gasteiger partial charge in [0.15, 0.2) is 0 Å². The number of imidazole rings is 1. The molecule has 1 aromatic heterocycles. The van der Waals surface area contributed by atoms with Crippen LogP contribution in [-0.4, -0.2) is 37.2 Å². The van der Waals surface area contributed by atoms with Crippen LogP contribution in [0.3, 0.4) is 0 Å². The standard InChI is InChI=1S/C11H16N4O/c1-12-5-6-15(2)8-3-4-9-10(7-8)14-11(16)13-9/h3-4,7,12H,5-6H2,1-2H3,(H2,13,14,16). The number of anilines is 1. The van der Waals surface area contributed by atoms with Crippen LogP contribution >= 0.6 is 0 Å². The summed E-state index contributed by atoms with van der Waals surface area (Å²) in [5.41, 5.74) is 2.62. The van der Waals surface area contributed by atoms with Gasteiger partial charge in [-0.15, -0.1) is 0 Å². The average Bonchev–Trinajstić information content (AvgIpc) is 2.64. The Hall–Kier alpha value is -1.75. The van der Waals surface area contributed by atoms with Gasteiger partial charge in [-0.2, -0.15) is 0 Å². The SMILES string of the molecule is CNCCN(C)c1ccc2[nH]c(=O)[nH]c2c1. The maximum Gasteiger partial charge on any atom is 0.323 e. The lowest BCUT2D eigenvalue weighted by Crippen LogP contribution is -2.26. The van der Waals surface area contributed by atoms with Crippen molar-refractivity contribution in [1.82, 2.24) is 15.3 Å². The number of aromatic amines is 2. The summed E-state index contributed by atoms with van der Waals surface area (Å²) in [7, 11) is 3.96. The van der Waals surface area contributed by atoms with E-state index >= 15 is 0 Å². The summed E-state index contributed by atoms with van der Waals surface area (Å²) in [4.78, 5) is 18.7. The van der Waals surface area contributed by atoms with E-state index in [0.29, 0.717) is 0 Å². The van der Waals surface area contributed by atoms with E-state index in [1.807, 2.05) is 32.3 Å². The number of fused-ring (bicyclic) bond motifs is 1. The second kappa shape index (κ2) is 4.40. The number of hydrogen-bond donors (Lipinski definition) is 3. The van der Waals surface area contributed by atoms with E-state index in [0.717, 1.165) is 29.8 Å². The van der Waals surface area contributed by atoms with Gasteiger partial charge in [-0.3, -0.25) is 0 Å². The summed E-state index contributed by atoms with van der Waals surface area (Å²) < 4.78 is 0. The van der Waals surface area contributed by atoms with Gasteiger partial charge in [-0.05, 0) is 25.2 Å². The van der Waals surface area contributed by atoms with E-state index < -0.39 is 0 Å². The summed E-state index contributed by atoms with van der Waals surface area (Å²) in [5, 5.41) is 3.10. The molecule has 0 saturated carbocycles. The van der Waals surface area contributed by atoms with Crippen LogP contribution in [-0.2, 0) is 0 Å². The lowest BCUT2D eigenvalue weighted by Gasteiger charge is -2.18. The molecule has 0 aliphatic heterocycles. The van der Waals surface area contributed by atoms with Gasteiger partial charge in [0, 0.05) is 25.8 Å². The van der Waals surface area contributed by atoms with Crippen molar-refractivity contribution in [1.29, 1.82) is 0 Å². The Labute approximate surface area is 93.5 Å². The van der Waals surface area contributed by atoms with E-state index in [4.69, 9.17) is 0 Å². The number of rotatable bonds is 4. The van der Waals surface area contributed by atoms with E-state index in [2.05, 4.69) is 20.2 Å². The molecule has 0 aliphatic rings. The first-order chi connectivity index (χ1) is 7.70. The minimum Gasteiger partial charge on any atom is -0.373 e. The van der Waals surface area contributed by atoms with E-state index in [-0.39, 0.29) is 5.69 Å². The van der Waals surface area contributed by atoms with Crippen molar-refractivity contribution in [3.63, 3.8) is 0 Å². The fourth-order valence-electron chi connectivity index (χ4n) is 1.67. The molecule has 2 aromatic rings. The zero-order valence-electron chi connectivity index (χ0n) is 9.50. The summed E-state index contributed by atoms with van der Waals surface area (Å²) >= 11 is 0. The number of hydrogen-bond acceptors (Lipinski definition) is 3. The minimum atomic E-state index is -0.162. The van der Waals surface area contributed by atoms with Gasteiger partial charge in [-0.25, -0.2) is 4.79 Å². The van der Waals surface area contributed by atoms with Gasteiger partial charge in [0.2, 0.25) is 0 Å². The minimum absolute atomic E-state index is 0.162. The lowest BCUT2D eigenvalue weighted by molar-refractivity contribution is 0.768. The number of nitrogens with zero attached hydrogens (tertiary/aromatic N) is 1. The van der Waals surface area contributed by atoms with Gasteiger partial charge in [0.1, 0.15) is 0 Å². The number of benzene rings is 1. The fraction of sp³-hybridized carbons (Fsp3) is 0.364. The van der Waals surface area contributed by atoms with Crippen LogP contribution in [0.1, 0.15) is 0 Å². The molecule has 1 heterocycles. The zero-order chi connectivity index (χ0) is 11.5. The predicted octanol–water partition coefficient (Wildman–Crippen LogP) is 0.512. The second-order valence-electron chi connectivity index (χ2n) is 3.83. The Morgan fingerprint density at radius 1 is 1.31 bits per heavy atom. The number of aromatic nitrogens is 2. The Morgan fingerprint density at radius 2 is 2.06 bits per heavy atom. The van der Waals surface area contributed by atoms with E-state index in [1.165, 1.54) is 0 Å². The fourth-order valence-corrected chi connectivity index (χ4v) is 1.67. The molecule has 16 heavy (non-hydrogen) atoms. The number of nitrogens with one attached hydrogen (secondary N) is 3. The lowest BCUT2D eigenvalue weighted by atomic mass is 10.2. The third-order valence-corrected chi connectivity index (χ3v) is 2.64. The average molecular weight is 220 g/mol. The first kappa shape index (κ1) is 10.8. The van der Waals surface area contributed by atoms with Gasteiger partial charge in [0.25, 0.3) is 0 Å². The molecule has 0 saturated heterocycles. The van der Waals surface area contributed by atoms with Crippen molar-refractivity contribution < 1.29 is 0 Å². The zero-order valence-corrected chi connectivity index (χ0v) is 9.50. The first-order valence-electron chi connectivity index (χ1n) is 5.28. The van der Waals surface area contributed by atoms with Crippen molar-refractivity contribution in [2.75, 3.05) is 32.1 Å². The normalized spacial score (nSPS) is 10.9. The van der Waals surface area contributed by atoms with Gasteiger partial charge in [0.05, 0.1) is 11.0 Å². The molecule has 1 aromatic carbocycles. The van der Waals surface area contributed by atoms with Gasteiger partial charge < -0.3 is 20.2 Å². The Morgan fingerprint density at radius 3 is 2.81 bits per heavy atom. The van der Waals surface area contributed by atoms with Crippen LogP contribution in [0.25, 0.3) is 11.0 Å². The van der Waals surface area contributed by atoms with Crippen molar-refractivity contribution in [3.05, 3.63) is 28.7 Å². The van der Waals surface area contributed by atoms with Crippen molar-refractivity contribution in [2.24, 2.45) is 0 Å². The summed E-state index contributed by atoms with van der Waals surface area (Å²) in [5.74, 6) is 0. The molecule has 0 bridgehead atoms. The maximum atomic E-state index is 11.1. The molecule has 0 radical (unpaired) electrons. The molecular formula is C11H16N4O. The van der Waals surface area contributed by atoms with Crippen molar-refractivity contribution in [2.45, 2.75) is 0 Å². The largest absolute Gasteiger partial charge is 0.373 e. The summed E-state index contributed by atoms with van der Waals surface area (Å²) in [6.45, 7) is 1.86. The number of likely N-dealkylation sites (N-methyl/N-ethyl adjacent to an activating group) is 2. The van der Waals surface area contributed by atoms with Gasteiger partial charge in [-0.1, -0.05) is 0 Å². The third-order valence-electron chi connectivity index (χ3n) is 2.64. The molecule has 0 aliphatic carbocycles. The van der Waals surface area contributed by atoms with E-state index in [9.17, 15) is 4.79 Å². The molecule has 5 nitrogen and oxygen atoms in total. The molecule has 0 fully saturated rings. The molecule has 86 valence electrons. The van der Waals surface area contributed by atoms with Crippen LogP contribution in [0.5, 0.6) is 0 Å². The van der Waals surface area contributed by atoms with Crippen LogP contribution in [0, 0.1) is 0 Å². The summed E-state index contributed by atoms with van der Waals surface area (Å²) in [6, 6.07) is 5.89. The van der Waals surface area contributed by atoms with Crippen LogP contribution in [0.2, 0.25) is 0 Å². The molecule has 5 heteroatoms. The Balaban J connectivity index is 2.27. The smallest absolute Gasteiger partial charge is 0.323 e. The Bertz CT molecular complexity index is 528. The highest BCUT2D eigenvalue weighted by Crippen LogP contribution is 2.17. The summed E-state index contributed by atoms with van der Waals surface area (Å²) in [6.07, 6.45) is 0. The highest BCUT2D eigenvalue weighted by Gasteiger charge is 2.03. The monoisotopic (exact) mass is 220 g/mol. The number of H-pyrrole nitrogens is 2. The maximum absolute atomic E-state index is 11.1.